The van der Waals surface area contributed by atoms with Crippen LogP contribution in [0.15, 0.2) is 96.0 Å². The van der Waals surface area contributed by atoms with Gasteiger partial charge in [0.05, 0.1) is 11.4 Å². The van der Waals surface area contributed by atoms with Crippen LogP contribution in [0, 0.1) is 0 Å². The van der Waals surface area contributed by atoms with Crippen molar-refractivity contribution in [3.05, 3.63) is 108 Å². The lowest BCUT2D eigenvalue weighted by Crippen LogP contribution is -2.41. The first kappa shape index (κ1) is 19.2. The highest BCUT2D eigenvalue weighted by atomic mass is 35.5. The Hall–Kier alpha value is -2.58. The minimum absolute atomic E-state index is 0. The Morgan fingerprint density at radius 3 is 1.96 bits per heavy atom. The van der Waals surface area contributed by atoms with Crippen LogP contribution >= 0.6 is 12.4 Å². The second-order valence-electron chi connectivity index (χ2n) is 7.07. The molecule has 27 heavy (non-hydrogen) atoms. The van der Waals surface area contributed by atoms with E-state index in [0.29, 0.717) is 0 Å². The summed E-state index contributed by atoms with van der Waals surface area (Å²) in [4.78, 5) is 5.11. The Morgan fingerprint density at radius 2 is 1.33 bits per heavy atom. The SMILES string of the molecule is CC1(c2ccccc2)NC(CCc2ccccc2)=NC1c1ccccc1.Cl. The van der Waals surface area contributed by atoms with Crippen molar-refractivity contribution in [3.63, 3.8) is 0 Å². The van der Waals surface area contributed by atoms with Crippen molar-refractivity contribution in [1.29, 1.82) is 0 Å². The van der Waals surface area contributed by atoms with Gasteiger partial charge in [0.2, 0.25) is 0 Å². The second kappa shape index (κ2) is 8.41. The van der Waals surface area contributed by atoms with E-state index in [-0.39, 0.29) is 24.0 Å². The van der Waals surface area contributed by atoms with Crippen molar-refractivity contribution < 1.29 is 0 Å². The zero-order valence-corrected chi connectivity index (χ0v) is 16.3. The molecule has 1 aliphatic heterocycles. The molecular weight excluding hydrogens is 352 g/mol. The minimum atomic E-state index is -0.228. The summed E-state index contributed by atoms with van der Waals surface area (Å²) in [6.07, 6.45) is 1.93. The fraction of sp³-hybridized carbons (Fsp3) is 0.208. The number of amidine groups is 1. The van der Waals surface area contributed by atoms with Crippen molar-refractivity contribution in [3.8, 4) is 0 Å². The molecule has 0 aliphatic carbocycles. The van der Waals surface area contributed by atoms with Crippen molar-refractivity contribution in [2.45, 2.75) is 31.3 Å². The number of nitrogens with one attached hydrogen (secondary N) is 1. The average molecular weight is 377 g/mol. The number of rotatable bonds is 5. The highest BCUT2D eigenvalue weighted by Gasteiger charge is 2.42. The standard InChI is InChI=1S/C24H24N2.ClH/c1-24(21-15-9-4-10-16-21)23(20-13-7-3-8-14-20)25-22(26-24)18-17-19-11-5-2-6-12-19;/h2-16,23H,17-18H2,1H3,(H,25,26);1H. The molecule has 3 aromatic carbocycles. The van der Waals surface area contributed by atoms with Crippen LogP contribution in [0.3, 0.4) is 0 Å². The summed E-state index contributed by atoms with van der Waals surface area (Å²) in [6.45, 7) is 2.26. The van der Waals surface area contributed by atoms with Crippen LogP contribution in [-0.4, -0.2) is 5.84 Å². The lowest BCUT2D eigenvalue weighted by atomic mass is 9.82. The van der Waals surface area contributed by atoms with E-state index in [9.17, 15) is 0 Å². The molecule has 4 rings (SSSR count). The maximum absolute atomic E-state index is 5.11. The van der Waals surface area contributed by atoms with Gasteiger partial charge in [0.15, 0.2) is 0 Å². The first-order valence-corrected chi connectivity index (χ1v) is 9.25. The van der Waals surface area contributed by atoms with Crippen LogP contribution in [0.1, 0.15) is 36.1 Å². The zero-order chi connectivity index (χ0) is 17.8. The van der Waals surface area contributed by atoms with Gasteiger partial charge < -0.3 is 5.32 Å². The fourth-order valence-corrected chi connectivity index (χ4v) is 3.78. The molecule has 138 valence electrons. The van der Waals surface area contributed by atoms with Gasteiger partial charge in [0.1, 0.15) is 6.04 Å². The minimum Gasteiger partial charge on any atom is -0.362 e. The third kappa shape index (κ3) is 4.06. The van der Waals surface area contributed by atoms with E-state index in [4.69, 9.17) is 4.99 Å². The van der Waals surface area contributed by atoms with Gasteiger partial charge in [0.25, 0.3) is 0 Å². The lowest BCUT2D eigenvalue weighted by molar-refractivity contribution is 0.385. The first-order valence-electron chi connectivity index (χ1n) is 9.25. The molecule has 0 bridgehead atoms. The number of aliphatic imine (C=N–C) groups is 1. The van der Waals surface area contributed by atoms with Crippen molar-refractivity contribution in [1.82, 2.24) is 5.32 Å². The summed E-state index contributed by atoms with van der Waals surface area (Å²) < 4.78 is 0. The van der Waals surface area contributed by atoms with Crippen LogP contribution in [0.2, 0.25) is 0 Å². The van der Waals surface area contributed by atoms with Crippen LogP contribution < -0.4 is 5.32 Å². The molecular formula is C24H25ClN2. The van der Waals surface area contributed by atoms with E-state index in [1.165, 1.54) is 16.7 Å². The van der Waals surface area contributed by atoms with Crippen molar-refractivity contribution in [2.24, 2.45) is 4.99 Å². The lowest BCUT2D eigenvalue weighted by Gasteiger charge is -2.32. The number of halogens is 1. The predicted molar refractivity (Wildman–Crippen MR) is 116 cm³/mol. The summed E-state index contributed by atoms with van der Waals surface area (Å²) in [6, 6.07) is 32.0. The molecule has 1 N–H and O–H groups in total. The molecule has 2 nitrogen and oxygen atoms in total. The van der Waals surface area contributed by atoms with E-state index in [2.05, 4.69) is 103 Å². The number of hydrogen-bond acceptors (Lipinski definition) is 2. The first-order chi connectivity index (χ1) is 12.8. The smallest absolute Gasteiger partial charge is 0.104 e. The van der Waals surface area contributed by atoms with Crippen LogP contribution in [0.25, 0.3) is 0 Å². The van der Waals surface area contributed by atoms with Gasteiger partial charge in [-0.15, -0.1) is 12.4 Å². The maximum Gasteiger partial charge on any atom is 0.104 e. The summed E-state index contributed by atoms with van der Waals surface area (Å²) in [5.41, 5.74) is 3.64. The van der Waals surface area contributed by atoms with Gasteiger partial charge in [-0.1, -0.05) is 91.0 Å². The Morgan fingerprint density at radius 1 is 0.778 bits per heavy atom. The third-order valence-electron chi connectivity index (χ3n) is 5.22. The van der Waals surface area contributed by atoms with E-state index in [1.54, 1.807) is 0 Å². The van der Waals surface area contributed by atoms with Crippen LogP contribution in [0.5, 0.6) is 0 Å². The summed E-state index contributed by atoms with van der Waals surface area (Å²) in [7, 11) is 0. The monoisotopic (exact) mass is 376 g/mol. The number of hydrogen-bond donors (Lipinski definition) is 1. The summed E-state index contributed by atoms with van der Waals surface area (Å²) >= 11 is 0. The van der Waals surface area contributed by atoms with Gasteiger partial charge in [-0.25, -0.2) is 0 Å². The molecule has 2 atom stereocenters. The predicted octanol–water partition coefficient (Wildman–Crippen LogP) is 5.70. The van der Waals surface area contributed by atoms with Crippen molar-refractivity contribution >= 4 is 18.2 Å². The Balaban J connectivity index is 0.00000210. The molecule has 1 aliphatic rings. The van der Waals surface area contributed by atoms with Crippen molar-refractivity contribution in [2.75, 3.05) is 0 Å². The summed E-state index contributed by atoms with van der Waals surface area (Å²) in [5, 5.41) is 3.75. The molecule has 0 amide bonds. The van der Waals surface area contributed by atoms with Gasteiger partial charge in [-0.3, -0.25) is 4.99 Å². The van der Waals surface area contributed by atoms with Gasteiger partial charge in [0, 0.05) is 6.42 Å². The Labute approximate surface area is 167 Å². The van der Waals surface area contributed by atoms with E-state index < -0.39 is 0 Å². The quantitative estimate of drug-likeness (QED) is 0.606. The molecule has 0 saturated carbocycles. The van der Waals surface area contributed by atoms with E-state index >= 15 is 0 Å². The normalized spacial score (nSPS) is 21.1. The largest absolute Gasteiger partial charge is 0.362 e. The zero-order valence-electron chi connectivity index (χ0n) is 15.5. The molecule has 0 saturated heterocycles. The average Bonchev–Trinajstić information content (AvgIpc) is 3.06. The molecule has 0 spiro atoms. The second-order valence-corrected chi connectivity index (χ2v) is 7.07. The van der Waals surface area contributed by atoms with Gasteiger partial charge in [-0.2, -0.15) is 0 Å². The molecule has 3 aromatic rings. The molecule has 0 radical (unpaired) electrons. The van der Waals surface area contributed by atoms with E-state index in [1.807, 2.05) is 0 Å². The number of aryl methyl sites for hydroxylation is 1. The number of benzene rings is 3. The molecule has 1 heterocycles. The topological polar surface area (TPSA) is 24.4 Å². The molecule has 2 unspecified atom stereocenters. The fourth-order valence-electron chi connectivity index (χ4n) is 3.78. The van der Waals surface area contributed by atoms with E-state index in [0.717, 1.165) is 18.7 Å². The molecule has 0 fully saturated rings. The highest BCUT2D eigenvalue weighted by molar-refractivity contribution is 5.86. The Bertz CT molecular complexity index is 878. The van der Waals surface area contributed by atoms with Gasteiger partial charge >= 0.3 is 0 Å². The highest BCUT2D eigenvalue weighted by Crippen LogP contribution is 2.41. The van der Waals surface area contributed by atoms with Crippen LogP contribution in [0.4, 0.5) is 0 Å². The third-order valence-corrected chi connectivity index (χ3v) is 5.22. The molecule has 3 heteroatoms. The summed E-state index contributed by atoms with van der Waals surface area (Å²) in [5.74, 6) is 1.09. The Kier molecular flexibility index (Phi) is 5.98. The number of nitrogens with zero attached hydrogens (tertiary/aromatic N) is 1. The maximum atomic E-state index is 5.11. The molecule has 0 aromatic heterocycles. The van der Waals surface area contributed by atoms with Crippen LogP contribution in [-0.2, 0) is 12.0 Å². The van der Waals surface area contributed by atoms with Gasteiger partial charge in [-0.05, 0) is 30.0 Å².